The number of hydrogen-bond donors (Lipinski definition) is 2. The summed E-state index contributed by atoms with van der Waals surface area (Å²) in [7, 11) is 1.84. The van der Waals surface area contributed by atoms with Gasteiger partial charge in [-0.3, -0.25) is 4.99 Å². The van der Waals surface area contributed by atoms with Crippen molar-refractivity contribution < 1.29 is 4.74 Å². The minimum atomic E-state index is 0. The molecular formula is C19H41IN4O. The summed E-state index contributed by atoms with van der Waals surface area (Å²) in [6.07, 6.45) is 5.45. The van der Waals surface area contributed by atoms with Gasteiger partial charge in [-0.2, -0.15) is 0 Å². The van der Waals surface area contributed by atoms with Crippen molar-refractivity contribution in [3.05, 3.63) is 0 Å². The first-order chi connectivity index (χ1) is 11.6. The zero-order valence-corrected chi connectivity index (χ0v) is 19.3. The predicted octanol–water partition coefficient (Wildman–Crippen LogP) is 3.34. The Morgan fingerprint density at radius 3 is 2.36 bits per heavy atom. The third-order valence-electron chi connectivity index (χ3n) is 4.71. The average Bonchev–Trinajstić information content (AvgIpc) is 2.57. The van der Waals surface area contributed by atoms with E-state index in [4.69, 9.17) is 4.74 Å². The highest BCUT2D eigenvalue weighted by Crippen LogP contribution is 2.11. The number of rotatable bonds is 10. The molecule has 1 aliphatic rings. The van der Waals surface area contributed by atoms with Gasteiger partial charge < -0.3 is 20.3 Å². The summed E-state index contributed by atoms with van der Waals surface area (Å²) in [5.41, 5.74) is 0. The van der Waals surface area contributed by atoms with Crippen LogP contribution in [0.2, 0.25) is 0 Å². The molecule has 1 rings (SSSR count). The standard InChI is InChI=1S/C19H40N4O.HI/c1-6-24-18(16(2)3)10-11-21-19(20-5)22-14-17(4)15-23-12-8-7-9-13-23;/h16-18H,6-15H2,1-5H3,(H2,20,21,22);1H. The van der Waals surface area contributed by atoms with Crippen molar-refractivity contribution in [2.45, 2.75) is 59.5 Å². The highest BCUT2D eigenvalue weighted by Gasteiger charge is 2.15. The number of nitrogens with zero attached hydrogens (tertiary/aromatic N) is 2. The molecular weight excluding hydrogens is 427 g/mol. The van der Waals surface area contributed by atoms with E-state index in [1.54, 1.807) is 0 Å². The van der Waals surface area contributed by atoms with Crippen LogP contribution in [0.25, 0.3) is 0 Å². The molecule has 1 aliphatic heterocycles. The lowest BCUT2D eigenvalue weighted by atomic mass is 10.0. The van der Waals surface area contributed by atoms with Crippen LogP contribution in [-0.4, -0.2) is 63.3 Å². The van der Waals surface area contributed by atoms with E-state index >= 15 is 0 Å². The molecule has 1 heterocycles. The number of piperidine rings is 1. The van der Waals surface area contributed by atoms with E-state index in [2.05, 4.69) is 48.2 Å². The van der Waals surface area contributed by atoms with Gasteiger partial charge in [0.15, 0.2) is 5.96 Å². The smallest absolute Gasteiger partial charge is 0.190 e. The van der Waals surface area contributed by atoms with E-state index < -0.39 is 0 Å². The van der Waals surface area contributed by atoms with Crippen molar-refractivity contribution in [1.29, 1.82) is 0 Å². The van der Waals surface area contributed by atoms with Crippen LogP contribution in [0, 0.1) is 11.8 Å². The number of likely N-dealkylation sites (tertiary alicyclic amines) is 1. The molecule has 2 unspecified atom stereocenters. The molecule has 1 saturated heterocycles. The van der Waals surface area contributed by atoms with Gasteiger partial charge in [0.05, 0.1) is 6.10 Å². The Labute approximate surface area is 172 Å². The quantitative estimate of drug-likeness (QED) is 0.293. The fourth-order valence-electron chi connectivity index (χ4n) is 3.29. The van der Waals surface area contributed by atoms with Crippen LogP contribution in [0.15, 0.2) is 4.99 Å². The number of aliphatic imine (C=N–C) groups is 1. The van der Waals surface area contributed by atoms with Gasteiger partial charge in [0.25, 0.3) is 0 Å². The highest BCUT2D eigenvalue weighted by atomic mass is 127. The van der Waals surface area contributed by atoms with Crippen LogP contribution >= 0.6 is 24.0 Å². The fourth-order valence-corrected chi connectivity index (χ4v) is 3.29. The zero-order valence-electron chi connectivity index (χ0n) is 17.0. The summed E-state index contributed by atoms with van der Waals surface area (Å²) in [5, 5.41) is 6.88. The average molecular weight is 468 g/mol. The first-order valence-electron chi connectivity index (χ1n) is 9.85. The lowest BCUT2D eigenvalue weighted by Gasteiger charge is -2.29. The van der Waals surface area contributed by atoms with E-state index in [9.17, 15) is 0 Å². The van der Waals surface area contributed by atoms with Crippen LogP contribution in [-0.2, 0) is 4.74 Å². The van der Waals surface area contributed by atoms with Gasteiger partial charge in [-0.05, 0) is 51.1 Å². The number of ether oxygens (including phenoxy) is 1. The number of halogens is 1. The Hall–Kier alpha value is -0.0800. The summed E-state index contributed by atoms with van der Waals surface area (Å²) in [6, 6.07) is 0. The van der Waals surface area contributed by atoms with Crippen molar-refractivity contribution in [2.24, 2.45) is 16.8 Å². The molecule has 6 heteroatoms. The molecule has 0 spiro atoms. The lowest BCUT2D eigenvalue weighted by molar-refractivity contribution is 0.0258. The molecule has 25 heavy (non-hydrogen) atoms. The molecule has 150 valence electrons. The van der Waals surface area contributed by atoms with Gasteiger partial charge in [-0.1, -0.05) is 27.2 Å². The van der Waals surface area contributed by atoms with Gasteiger partial charge in [0.2, 0.25) is 0 Å². The van der Waals surface area contributed by atoms with Gasteiger partial charge in [-0.25, -0.2) is 0 Å². The van der Waals surface area contributed by atoms with Crippen LogP contribution in [0.3, 0.4) is 0 Å². The molecule has 2 N–H and O–H groups in total. The molecule has 0 aromatic carbocycles. The van der Waals surface area contributed by atoms with Gasteiger partial charge in [-0.15, -0.1) is 24.0 Å². The third-order valence-corrected chi connectivity index (χ3v) is 4.71. The van der Waals surface area contributed by atoms with E-state index in [0.717, 1.165) is 32.1 Å². The van der Waals surface area contributed by atoms with E-state index in [1.165, 1.54) is 38.9 Å². The SMILES string of the molecule is CCOC(CCNC(=NC)NCC(C)CN1CCCCC1)C(C)C.I. The van der Waals surface area contributed by atoms with Crippen molar-refractivity contribution in [2.75, 3.05) is 46.4 Å². The van der Waals surface area contributed by atoms with Gasteiger partial charge >= 0.3 is 0 Å². The molecule has 1 fully saturated rings. The van der Waals surface area contributed by atoms with Crippen molar-refractivity contribution in [3.63, 3.8) is 0 Å². The first kappa shape index (κ1) is 24.9. The topological polar surface area (TPSA) is 48.9 Å². The summed E-state index contributed by atoms with van der Waals surface area (Å²) in [4.78, 5) is 6.93. The van der Waals surface area contributed by atoms with Crippen molar-refractivity contribution in [3.8, 4) is 0 Å². The normalized spacial score (nSPS) is 18.6. The molecule has 0 bridgehead atoms. The maximum absolute atomic E-state index is 5.80. The maximum Gasteiger partial charge on any atom is 0.190 e. The van der Waals surface area contributed by atoms with Gasteiger partial charge in [0, 0.05) is 33.3 Å². The second kappa shape index (κ2) is 15.0. The highest BCUT2D eigenvalue weighted by molar-refractivity contribution is 14.0. The second-order valence-corrected chi connectivity index (χ2v) is 7.37. The van der Waals surface area contributed by atoms with Crippen LogP contribution in [0.1, 0.15) is 53.4 Å². The maximum atomic E-state index is 5.80. The lowest BCUT2D eigenvalue weighted by Crippen LogP contribution is -2.43. The molecule has 0 aromatic rings. The van der Waals surface area contributed by atoms with E-state index in [-0.39, 0.29) is 24.0 Å². The fraction of sp³-hybridized carbons (Fsp3) is 0.947. The molecule has 2 atom stereocenters. The van der Waals surface area contributed by atoms with E-state index in [0.29, 0.717) is 17.9 Å². The van der Waals surface area contributed by atoms with Gasteiger partial charge in [0.1, 0.15) is 0 Å². The largest absolute Gasteiger partial charge is 0.378 e. The molecule has 5 nitrogen and oxygen atoms in total. The number of nitrogens with one attached hydrogen (secondary N) is 2. The Kier molecular flexibility index (Phi) is 15.0. The summed E-state index contributed by atoms with van der Waals surface area (Å²) in [6.45, 7) is 15.2. The number of guanidine groups is 1. The van der Waals surface area contributed by atoms with E-state index in [1.807, 2.05) is 7.05 Å². The second-order valence-electron chi connectivity index (χ2n) is 7.37. The Bertz CT molecular complexity index is 346. The monoisotopic (exact) mass is 468 g/mol. The first-order valence-corrected chi connectivity index (χ1v) is 9.85. The summed E-state index contributed by atoms with van der Waals surface area (Å²) >= 11 is 0. The predicted molar refractivity (Wildman–Crippen MR) is 119 cm³/mol. The van der Waals surface area contributed by atoms with Crippen molar-refractivity contribution in [1.82, 2.24) is 15.5 Å². The number of hydrogen-bond acceptors (Lipinski definition) is 3. The van der Waals surface area contributed by atoms with Crippen molar-refractivity contribution >= 4 is 29.9 Å². The Balaban J connectivity index is 0.00000576. The Morgan fingerprint density at radius 1 is 1.12 bits per heavy atom. The molecule has 0 aliphatic carbocycles. The minimum absolute atomic E-state index is 0. The summed E-state index contributed by atoms with van der Waals surface area (Å²) < 4.78 is 5.80. The molecule has 0 aromatic heterocycles. The summed E-state index contributed by atoms with van der Waals surface area (Å²) in [5.74, 6) is 2.08. The molecule has 0 amide bonds. The Morgan fingerprint density at radius 2 is 1.80 bits per heavy atom. The van der Waals surface area contributed by atoms with Crippen LogP contribution < -0.4 is 10.6 Å². The zero-order chi connectivity index (χ0) is 17.8. The third kappa shape index (κ3) is 11.3. The minimum Gasteiger partial charge on any atom is -0.378 e. The van der Waals surface area contributed by atoms with Crippen LogP contribution in [0.5, 0.6) is 0 Å². The molecule has 0 radical (unpaired) electrons. The molecule has 0 saturated carbocycles. The van der Waals surface area contributed by atoms with Crippen LogP contribution in [0.4, 0.5) is 0 Å².